The van der Waals surface area contributed by atoms with Crippen molar-refractivity contribution < 1.29 is 19.8 Å². The Kier molecular flexibility index (Phi) is 2.87. The predicted octanol–water partition coefficient (Wildman–Crippen LogP) is -0.0877. The molecule has 0 radical (unpaired) electrons. The molecule has 0 spiro atoms. The second-order valence-corrected chi connectivity index (χ2v) is 3.47. The zero-order valence-electron chi connectivity index (χ0n) is 7.36. The highest BCUT2D eigenvalue weighted by Crippen LogP contribution is 2.20. The number of carboxylic acids is 2. The summed E-state index contributed by atoms with van der Waals surface area (Å²) >= 11 is 0. The molecule has 1 saturated heterocycles. The van der Waals surface area contributed by atoms with E-state index < -0.39 is 23.9 Å². The molecule has 3 atom stereocenters. The van der Waals surface area contributed by atoms with Crippen LogP contribution in [0.15, 0.2) is 0 Å². The minimum Gasteiger partial charge on any atom is -0.481 e. The summed E-state index contributed by atoms with van der Waals surface area (Å²) in [5.74, 6) is -2.41. The van der Waals surface area contributed by atoms with Crippen LogP contribution < -0.4 is 5.32 Å². The van der Waals surface area contributed by atoms with Gasteiger partial charge < -0.3 is 15.5 Å². The molecule has 1 aliphatic heterocycles. The van der Waals surface area contributed by atoms with Gasteiger partial charge in [0.05, 0.1) is 5.92 Å². The van der Waals surface area contributed by atoms with Gasteiger partial charge in [-0.1, -0.05) is 0 Å². The van der Waals surface area contributed by atoms with Gasteiger partial charge in [0, 0.05) is 6.04 Å². The molecule has 5 heteroatoms. The molecule has 13 heavy (non-hydrogen) atoms. The lowest BCUT2D eigenvalue weighted by molar-refractivity contribution is -0.146. The summed E-state index contributed by atoms with van der Waals surface area (Å²) in [4.78, 5) is 21.3. The Morgan fingerprint density at radius 2 is 1.85 bits per heavy atom. The molecule has 0 aromatic carbocycles. The van der Waals surface area contributed by atoms with E-state index in [0.29, 0.717) is 6.42 Å². The summed E-state index contributed by atoms with van der Waals surface area (Å²) in [6, 6.07) is -0.763. The molecule has 1 fully saturated rings. The molecule has 0 aromatic heterocycles. The van der Waals surface area contributed by atoms with Crippen molar-refractivity contribution >= 4 is 11.9 Å². The highest BCUT2D eigenvalue weighted by Gasteiger charge is 2.33. The lowest BCUT2D eigenvalue weighted by atomic mass is 9.88. The van der Waals surface area contributed by atoms with E-state index in [4.69, 9.17) is 10.2 Å². The molecule has 0 amide bonds. The minimum atomic E-state index is -0.974. The maximum Gasteiger partial charge on any atom is 0.320 e. The molecule has 0 aliphatic carbocycles. The summed E-state index contributed by atoms with van der Waals surface area (Å²) in [6.07, 6.45) is 0.675. The summed E-state index contributed by atoms with van der Waals surface area (Å²) in [5, 5.41) is 20.3. The minimum absolute atomic E-state index is 0.0454. The van der Waals surface area contributed by atoms with Gasteiger partial charge in [-0.3, -0.25) is 9.59 Å². The van der Waals surface area contributed by atoms with Gasteiger partial charge in [0.15, 0.2) is 0 Å². The summed E-state index contributed by atoms with van der Waals surface area (Å²) in [6.45, 7) is 1.80. The fraction of sp³-hybridized carbons (Fsp3) is 0.750. The Hall–Kier alpha value is -1.10. The molecule has 0 bridgehead atoms. The number of hydrogen-bond donors (Lipinski definition) is 3. The Labute approximate surface area is 75.7 Å². The van der Waals surface area contributed by atoms with Crippen LogP contribution in [0, 0.1) is 5.92 Å². The molecule has 1 aliphatic rings. The highest BCUT2D eigenvalue weighted by molar-refractivity contribution is 5.76. The molecule has 74 valence electrons. The smallest absolute Gasteiger partial charge is 0.320 e. The van der Waals surface area contributed by atoms with E-state index >= 15 is 0 Å². The van der Waals surface area contributed by atoms with Crippen LogP contribution in [0.25, 0.3) is 0 Å². The normalized spacial score (nSPS) is 34.1. The molecule has 0 saturated carbocycles. The van der Waals surface area contributed by atoms with Crippen molar-refractivity contribution in [3.05, 3.63) is 0 Å². The summed E-state index contributed by atoms with van der Waals surface area (Å²) < 4.78 is 0. The van der Waals surface area contributed by atoms with E-state index in [0.717, 1.165) is 0 Å². The third-order valence-electron chi connectivity index (χ3n) is 2.29. The number of hydrogen-bond acceptors (Lipinski definition) is 3. The zero-order valence-corrected chi connectivity index (χ0v) is 7.36. The second kappa shape index (κ2) is 3.74. The van der Waals surface area contributed by atoms with Crippen molar-refractivity contribution in [1.29, 1.82) is 0 Å². The first-order valence-electron chi connectivity index (χ1n) is 4.22. The van der Waals surface area contributed by atoms with Gasteiger partial charge >= 0.3 is 11.9 Å². The van der Waals surface area contributed by atoms with Crippen molar-refractivity contribution in [3.63, 3.8) is 0 Å². The first-order valence-corrected chi connectivity index (χ1v) is 4.22. The average molecular weight is 187 g/mol. The van der Waals surface area contributed by atoms with Crippen LogP contribution in [0.2, 0.25) is 0 Å². The molecule has 5 nitrogen and oxygen atoms in total. The van der Waals surface area contributed by atoms with Crippen LogP contribution in [0.3, 0.4) is 0 Å². The van der Waals surface area contributed by atoms with E-state index in [1.807, 2.05) is 0 Å². The lowest BCUT2D eigenvalue weighted by Crippen LogP contribution is -2.49. The number of aliphatic carboxylic acids is 2. The third kappa shape index (κ3) is 2.42. The standard InChI is InChI=1S/C8H13NO4/c1-4-2-5(7(10)11)3-6(9-4)8(12)13/h4-6,9H,2-3H2,1H3,(H,10,11)(H,12,13)/t4?,5-,6+/m1/s1. The molecule has 1 heterocycles. The monoisotopic (exact) mass is 187 g/mol. The molecule has 3 N–H and O–H groups in total. The van der Waals surface area contributed by atoms with Gasteiger partial charge in [0.25, 0.3) is 0 Å². The van der Waals surface area contributed by atoms with E-state index in [-0.39, 0.29) is 12.5 Å². The highest BCUT2D eigenvalue weighted by atomic mass is 16.4. The Morgan fingerprint density at radius 1 is 1.23 bits per heavy atom. The lowest BCUT2D eigenvalue weighted by Gasteiger charge is -2.30. The van der Waals surface area contributed by atoms with Gasteiger partial charge in [-0.25, -0.2) is 0 Å². The molecular formula is C8H13NO4. The van der Waals surface area contributed by atoms with Crippen LogP contribution >= 0.6 is 0 Å². The Balaban J connectivity index is 2.62. The number of carbonyl (C=O) groups is 2. The van der Waals surface area contributed by atoms with E-state index in [9.17, 15) is 9.59 Å². The molecule has 0 aromatic rings. The topological polar surface area (TPSA) is 86.6 Å². The van der Waals surface area contributed by atoms with Crippen LogP contribution in [0.1, 0.15) is 19.8 Å². The van der Waals surface area contributed by atoms with Crippen LogP contribution in [0.4, 0.5) is 0 Å². The fourth-order valence-corrected chi connectivity index (χ4v) is 1.66. The molecular weight excluding hydrogens is 174 g/mol. The van der Waals surface area contributed by atoms with Crippen molar-refractivity contribution in [3.8, 4) is 0 Å². The summed E-state index contributed by atoms with van der Waals surface area (Å²) in [5.41, 5.74) is 0. The van der Waals surface area contributed by atoms with E-state index in [1.165, 1.54) is 0 Å². The number of piperidine rings is 1. The van der Waals surface area contributed by atoms with Gasteiger partial charge in [-0.15, -0.1) is 0 Å². The average Bonchev–Trinajstić information content (AvgIpc) is 2.03. The van der Waals surface area contributed by atoms with E-state index in [1.54, 1.807) is 6.92 Å². The molecule has 1 rings (SSSR count). The maximum absolute atomic E-state index is 10.6. The second-order valence-electron chi connectivity index (χ2n) is 3.47. The van der Waals surface area contributed by atoms with Crippen LogP contribution in [-0.2, 0) is 9.59 Å². The van der Waals surface area contributed by atoms with Crippen LogP contribution in [-0.4, -0.2) is 34.2 Å². The van der Waals surface area contributed by atoms with E-state index in [2.05, 4.69) is 5.32 Å². The van der Waals surface area contributed by atoms with Crippen molar-refractivity contribution in [2.75, 3.05) is 0 Å². The third-order valence-corrected chi connectivity index (χ3v) is 2.29. The predicted molar refractivity (Wildman–Crippen MR) is 44.4 cm³/mol. The SMILES string of the molecule is CC1C[C@@H](C(=O)O)C[C@@H](C(=O)O)N1. The van der Waals surface area contributed by atoms with Crippen molar-refractivity contribution in [1.82, 2.24) is 5.32 Å². The number of rotatable bonds is 2. The van der Waals surface area contributed by atoms with Gasteiger partial charge in [-0.05, 0) is 19.8 Å². The Bertz CT molecular complexity index is 206. The first kappa shape index (κ1) is 9.98. The number of carboxylic acid groups (broad SMARTS) is 2. The largest absolute Gasteiger partial charge is 0.481 e. The molecule has 1 unspecified atom stereocenters. The number of nitrogens with one attached hydrogen (secondary N) is 1. The fourth-order valence-electron chi connectivity index (χ4n) is 1.66. The Morgan fingerprint density at radius 3 is 2.31 bits per heavy atom. The van der Waals surface area contributed by atoms with Crippen molar-refractivity contribution in [2.45, 2.75) is 31.8 Å². The quantitative estimate of drug-likeness (QED) is 0.562. The first-order chi connectivity index (χ1) is 6.00. The van der Waals surface area contributed by atoms with Crippen molar-refractivity contribution in [2.24, 2.45) is 5.92 Å². The van der Waals surface area contributed by atoms with Gasteiger partial charge in [0.1, 0.15) is 6.04 Å². The van der Waals surface area contributed by atoms with Gasteiger partial charge in [-0.2, -0.15) is 0 Å². The van der Waals surface area contributed by atoms with Crippen LogP contribution in [0.5, 0.6) is 0 Å². The maximum atomic E-state index is 10.6. The summed E-state index contributed by atoms with van der Waals surface area (Å²) in [7, 11) is 0. The zero-order chi connectivity index (χ0) is 10.0. The van der Waals surface area contributed by atoms with Gasteiger partial charge in [0.2, 0.25) is 0 Å².